The van der Waals surface area contributed by atoms with Crippen LogP contribution < -0.4 is 16.4 Å². The van der Waals surface area contributed by atoms with E-state index in [1.165, 1.54) is 4.90 Å². The SMILES string of the molecule is CC(C)C(N)C(=O)N1CCCC1C(=O)NC(C(=O)NC(CS)C(=O)O)C(C)C. The number of likely N-dealkylation sites (tertiary alicyclic amines) is 1. The number of carbonyl (C=O) groups is 4. The van der Waals surface area contributed by atoms with Gasteiger partial charge in [-0.3, -0.25) is 14.4 Å². The number of carboxylic acids is 1. The maximum atomic E-state index is 12.8. The first kappa shape index (κ1) is 24.2. The average Bonchev–Trinajstić information content (AvgIpc) is 3.11. The van der Waals surface area contributed by atoms with Crippen LogP contribution in [0.3, 0.4) is 0 Å². The van der Waals surface area contributed by atoms with Gasteiger partial charge in [-0.05, 0) is 24.7 Å². The summed E-state index contributed by atoms with van der Waals surface area (Å²) in [6.07, 6.45) is 1.16. The van der Waals surface area contributed by atoms with E-state index in [4.69, 9.17) is 10.8 Å². The third kappa shape index (κ3) is 6.10. The Hall–Kier alpha value is -1.81. The second-order valence-corrected chi connectivity index (χ2v) is 8.14. The molecule has 9 nitrogen and oxygen atoms in total. The quantitative estimate of drug-likeness (QED) is 0.324. The zero-order chi connectivity index (χ0) is 21.6. The van der Waals surface area contributed by atoms with Crippen molar-refractivity contribution < 1.29 is 24.3 Å². The lowest BCUT2D eigenvalue weighted by Crippen LogP contribution is -2.58. The fourth-order valence-electron chi connectivity index (χ4n) is 3.01. The van der Waals surface area contributed by atoms with Crippen molar-refractivity contribution in [1.29, 1.82) is 0 Å². The van der Waals surface area contributed by atoms with Gasteiger partial charge in [0, 0.05) is 12.3 Å². The highest BCUT2D eigenvalue weighted by molar-refractivity contribution is 7.80. The summed E-state index contributed by atoms with van der Waals surface area (Å²) >= 11 is 3.92. The molecule has 0 radical (unpaired) electrons. The van der Waals surface area contributed by atoms with Crippen LogP contribution >= 0.6 is 12.6 Å². The van der Waals surface area contributed by atoms with Gasteiger partial charge in [0.15, 0.2) is 0 Å². The molecule has 1 fully saturated rings. The van der Waals surface area contributed by atoms with Crippen LogP contribution in [0.2, 0.25) is 0 Å². The van der Waals surface area contributed by atoms with E-state index < -0.39 is 42.0 Å². The Kier molecular flexibility index (Phi) is 9.22. The van der Waals surface area contributed by atoms with Crippen LogP contribution in [0.4, 0.5) is 0 Å². The molecule has 160 valence electrons. The molecule has 4 unspecified atom stereocenters. The summed E-state index contributed by atoms with van der Waals surface area (Å²) in [5.74, 6) is -2.92. The minimum Gasteiger partial charge on any atom is -0.480 e. The Labute approximate surface area is 171 Å². The summed E-state index contributed by atoms with van der Waals surface area (Å²) in [4.78, 5) is 50.5. The van der Waals surface area contributed by atoms with E-state index in [0.29, 0.717) is 19.4 Å². The van der Waals surface area contributed by atoms with Gasteiger partial charge in [0.1, 0.15) is 18.1 Å². The summed E-state index contributed by atoms with van der Waals surface area (Å²) in [7, 11) is 0. The highest BCUT2D eigenvalue weighted by atomic mass is 32.1. The van der Waals surface area contributed by atoms with Crippen molar-refractivity contribution in [3.8, 4) is 0 Å². The third-order valence-electron chi connectivity index (χ3n) is 4.89. The van der Waals surface area contributed by atoms with Crippen molar-refractivity contribution in [2.75, 3.05) is 12.3 Å². The maximum Gasteiger partial charge on any atom is 0.327 e. The molecule has 0 aliphatic carbocycles. The molecule has 10 heteroatoms. The molecular formula is C18H32N4O5S. The van der Waals surface area contributed by atoms with E-state index >= 15 is 0 Å². The van der Waals surface area contributed by atoms with E-state index in [1.807, 2.05) is 13.8 Å². The topological polar surface area (TPSA) is 142 Å². The van der Waals surface area contributed by atoms with Crippen molar-refractivity contribution in [2.24, 2.45) is 17.6 Å². The van der Waals surface area contributed by atoms with Crippen LogP contribution in [0.15, 0.2) is 0 Å². The zero-order valence-corrected chi connectivity index (χ0v) is 17.7. The number of thiol groups is 1. The van der Waals surface area contributed by atoms with E-state index in [-0.39, 0.29) is 23.5 Å². The minimum absolute atomic E-state index is 0.0554. The van der Waals surface area contributed by atoms with E-state index in [1.54, 1.807) is 13.8 Å². The predicted molar refractivity (Wildman–Crippen MR) is 108 cm³/mol. The Morgan fingerprint density at radius 3 is 2.21 bits per heavy atom. The van der Waals surface area contributed by atoms with Gasteiger partial charge in [0.25, 0.3) is 0 Å². The molecule has 0 aromatic heterocycles. The van der Waals surface area contributed by atoms with Gasteiger partial charge >= 0.3 is 5.97 Å². The molecule has 1 aliphatic rings. The van der Waals surface area contributed by atoms with E-state index in [9.17, 15) is 19.2 Å². The minimum atomic E-state index is -1.20. The number of hydrogen-bond donors (Lipinski definition) is 5. The smallest absolute Gasteiger partial charge is 0.327 e. The number of hydrogen-bond acceptors (Lipinski definition) is 6. The standard InChI is InChI=1S/C18H32N4O5S/c1-9(2)13(19)17(25)22-7-5-6-12(22)15(23)21-14(10(3)4)16(24)20-11(8-28)18(26)27/h9-14,28H,5-8,19H2,1-4H3,(H,20,24)(H,21,23)(H,26,27). The monoisotopic (exact) mass is 416 g/mol. The molecule has 0 aromatic carbocycles. The number of nitrogens with zero attached hydrogens (tertiary/aromatic N) is 1. The molecular weight excluding hydrogens is 384 g/mol. The Balaban J connectivity index is 2.86. The normalized spacial score (nSPS) is 20.0. The van der Waals surface area contributed by atoms with Crippen molar-refractivity contribution in [2.45, 2.75) is 64.7 Å². The Morgan fingerprint density at radius 1 is 1.14 bits per heavy atom. The van der Waals surface area contributed by atoms with Crippen molar-refractivity contribution in [3.63, 3.8) is 0 Å². The van der Waals surface area contributed by atoms with Crippen molar-refractivity contribution >= 4 is 36.3 Å². The molecule has 0 bridgehead atoms. The van der Waals surface area contributed by atoms with Gasteiger partial charge in [-0.15, -0.1) is 0 Å². The molecule has 1 aliphatic heterocycles. The molecule has 28 heavy (non-hydrogen) atoms. The summed E-state index contributed by atoms with van der Waals surface area (Å²) in [5.41, 5.74) is 5.95. The van der Waals surface area contributed by atoms with Gasteiger partial charge in [0.05, 0.1) is 6.04 Å². The fourth-order valence-corrected chi connectivity index (χ4v) is 3.26. The van der Waals surface area contributed by atoms with Crippen molar-refractivity contribution in [3.05, 3.63) is 0 Å². The van der Waals surface area contributed by atoms with Crippen molar-refractivity contribution in [1.82, 2.24) is 15.5 Å². The maximum absolute atomic E-state index is 12.8. The average molecular weight is 417 g/mol. The molecule has 0 aromatic rings. The van der Waals surface area contributed by atoms with Gasteiger partial charge in [0.2, 0.25) is 17.7 Å². The molecule has 0 spiro atoms. The first-order valence-electron chi connectivity index (χ1n) is 9.51. The van der Waals surface area contributed by atoms with Gasteiger partial charge in [-0.2, -0.15) is 12.6 Å². The lowest BCUT2D eigenvalue weighted by molar-refractivity contribution is -0.143. The lowest BCUT2D eigenvalue weighted by atomic mass is 10.0. The predicted octanol–water partition coefficient (Wildman–Crippen LogP) is -0.399. The molecule has 1 heterocycles. The first-order chi connectivity index (χ1) is 13.0. The second-order valence-electron chi connectivity index (χ2n) is 7.77. The molecule has 1 saturated heterocycles. The third-order valence-corrected chi connectivity index (χ3v) is 5.25. The zero-order valence-electron chi connectivity index (χ0n) is 16.8. The Morgan fingerprint density at radius 2 is 1.75 bits per heavy atom. The fraction of sp³-hybridized carbons (Fsp3) is 0.778. The number of aliphatic carboxylic acids is 1. The van der Waals surface area contributed by atoms with Gasteiger partial charge in [-0.25, -0.2) is 4.79 Å². The summed E-state index contributed by atoms with van der Waals surface area (Å²) in [6.45, 7) is 7.61. The number of nitrogens with one attached hydrogen (secondary N) is 2. The number of rotatable bonds is 9. The van der Waals surface area contributed by atoms with E-state index in [0.717, 1.165) is 0 Å². The largest absolute Gasteiger partial charge is 0.480 e. The lowest BCUT2D eigenvalue weighted by Gasteiger charge is -2.30. The highest BCUT2D eigenvalue weighted by Crippen LogP contribution is 2.20. The van der Waals surface area contributed by atoms with Crippen LogP contribution in [0.5, 0.6) is 0 Å². The molecule has 3 amide bonds. The molecule has 5 N–H and O–H groups in total. The summed E-state index contributed by atoms with van der Waals surface area (Å²) in [6, 6.07) is -3.45. The number of carbonyl (C=O) groups excluding carboxylic acids is 3. The van der Waals surface area contributed by atoms with Crippen LogP contribution in [0.1, 0.15) is 40.5 Å². The summed E-state index contributed by atoms with van der Waals surface area (Å²) < 4.78 is 0. The van der Waals surface area contributed by atoms with Crippen LogP contribution in [-0.4, -0.2) is 70.2 Å². The molecule has 4 atom stereocenters. The number of nitrogens with two attached hydrogens (primary N) is 1. The molecule has 1 rings (SSSR count). The second kappa shape index (κ2) is 10.7. The van der Waals surface area contributed by atoms with Crippen LogP contribution in [-0.2, 0) is 19.2 Å². The van der Waals surface area contributed by atoms with Crippen LogP contribution in [0, 0.1) is 11.8 Å². The number of amides is 3. The van der Waals surface area contributed by atoms with Gasteiger partial charge < -0.3 is 26.4 Å². The Bertz CT molecular complexity index is 599. The van der Waals surface area contributed by atoms with Crippen LogP contribution in [0.25, 0.3) is 0 Å². The highest BCUT2D eigenvalue weighted by Gasteiger charge is 2.38. The molecule has 0 saturated carbocycles. The summed E-state index contributed by atoms with van der Waals surface area (Å²) in [5, 5.41) is 14.1. The van der Waals surface area contributed by atoms with Gasteiger partial charge in [-0.1, -0.05) is 27.7 Å². The first-order valence-corrected chi connectivity index (χ1v) is 10.1. The van der Waals surface area contributed by atoms with E-state index in [2.05, 4.69) is 23.3 Å². The number of carboxylic acid groups (broad SMARTS) is 1.